The third-order valence-corrected chi connectivity index (χ3v) is 4.65. The van der Waals surface area contributed by atoms with Crippen LogP contribution in [0.15, 0.2) is 54.6 Å². The molecule has 0 aromatic heterocycles. The first-order valence-corrected chi connectivity index (χ1v) is 7.12. The highest BCUT2D eigenvalue weighted by Gasteiger charge is 2.42. The zero-order valence-electron chi connectivity index (χ0n) is 11.5. The van der Waals surface area contributed by atoms with Gasteiger partial charge in [-0.05, 0) is 28.7 Å². The van der Waals surface area contributed by atoms with E-state index in [-0.39, 0.29) is 5.41 Å². The first-order chi connectivity index (χ1) is 9.69. The van der Waals surface area contributed by atoms with Crippen molar-refractivity contribution in [1.29, 1.82) is 0 Å². The molecule has 0 fully saturated rings. The molecule has 98 valence electrons. The van der Waals surface area contributed by atoms with Crippen molar-refractivity contribution in [2.75, 3.05) is 0 Å². The van der Waals surface area contributed by atoms with Crippen molar-refractivity contribution in [1.82, 2.24) is 0 Å². The molecule has 2 aromatic rings. The summed E-state index contributed by atoms with van der Waals surface area (Å²) in [6.45, 7) is 2.22. The molecule has 0 N–H and O–H groups in total. The molecule has 0 radical (unpaired) electrons. The summed E-state index contributed by atoms with van der Waals surface area (Å²) in [5, 5.41) is 0. The lowest BCUT2D eigenvalue weighted by atomic mass is 9.72. The SMILES string of the molecule is C[C@@]12CC=C(c3ccccc3)c3cccc(c31)C(=O)C2. The predicted molar refractivity (Wildman–Crippen MR) is 80.9 cm³/mol. The maximum atomic E-state index is 12.2. The number of carbonyl (C=O) groups excluding carboxylic acids is 1. The van der Waals surface area contributed by atoms with Gasteiger partial charge in [-0.15, -0.1) is 0 Å². The van der Waals surface area contributed by atoms with Crippen LogP contribution in [0.5, 0.6) is 0 Å². The van der Waals surface area contributed by atoms with Crippen molar-refractivity contribution in [3.05, 3.63) is 76.9 Å². The molecule has 0 aliphatic heterocycles. The summed E-state index contributed by atoms with van der Waals surface area (Å²) in [6, 6.07) is 16.6. The number of rotatable bonds is 1. The van der Waals surface area contributed by atoms with E-state index in [1.165, 1.54) is 22.3 Å². The Labute approximate surface area is 119 Å². The molecule has 2 aromatic carbocycles. The third-order valence-electron chi connectivity index (χ3n) is 4.65. The Morgan fingerprint density at radius 3 is 2.50 bits per heavy atom. The maximum Gasteiger partial charge on any atom is 0.164 e. The number of hydrogen-bond acceptors (Lipinski definition) is 1. The maximum absolute atomic E-state index is 12.2. The Kier molecular flexibility index (Phi) is 2.29. The van der Waals surface area contributed by atoms with Crippen LogP contribution in [-0.4, -0.2) is 5.78 Å². The van der Waals surface area contributed by atoms with E-state index in [1.54, 1.807) is 0 Å². The molecule has 2 aliphatic rings. The molecule has 0 unspecified atom stereocenters. The van der Waals surface area contributed by atoms with Gasteiger partial charge >= 0.3 is 0 Å². The van der Waals surface area contributed by atoms with E-state index in [0.29, 0.717) is 12.2 Å². The zero-order chi connectivity index (χ0) is 13.7. The van der Waals surface area contributed by atoms with Gasteiger partial charge in [0.1, 0.15) is 0 Å². The fourth-order valence-corrected chi connectivity index (χ4v) is 3.70. The van der Waals surface area contributed by atoms with Crippen molar-refractivity contribution in [2.24, 2.45) is 0 Å². The second kappa shape index (κ2) is 3.92. The summed E-state index contributed by atoms with van der Waals surface area (Å²) >= 11 is 0. The molecule has 2 aliphatic carbocycles. The van der Waals surface area contributed by atoms with Gasteiger partial charge in [-0.25, -0.2) is 0 Å². The Balaban J connectivity index is 1.98. The largest absolute Gasteiger partial charge is 0.294 e. The van der Waals surface area contributed by atoms with E-state index >= 15 is 0 Å². The van der Waals surface area contributed by atoms with Crippen LogP contribution in [0.4, 0.5) is 0 Å². The van der Waals surface area contributed by atoms with E-state index in [1.807, 2.05) is 18.2 Å². The van der Waals surface area contributed by atoms with Crippen LogP contribution in [0, 0.1) is 0 Å². The summed E-state index contributed by atoms with van der Waals surface area (Å²) in [4.78, 5) is 12.2. The summed E-state index contributed by atoms with van der Waals surface area (Å²) in [6.07, 6.45) is 3.91. The number of carbonyl (C=O) groups is 1. The number of hydrogen-bond donors (Lipinski definition) is 0. The monoisotopic (exact) mass is 260 g/mol. The molecular weight excluding hydrogens is 244 g/mol. The molecule has 0 heterocycles. The van der Waals surface area contributed by atoms with Crippen molar-refractivity contribution >= 4 is 11.4 Å². The molecule has 1 atom stereocenters. The predicted octanol–water partition coefficient (Wildman–Crippen LogP) is 4.37. The van der Waals surface area contributed by atoms with Gasteiger partial charge in [0.2, 0.25) is 0 Å². The lowest BCUT2D eigenvalue weighted by Crippen LogP contribution is -2.22. The van der Waals surface area contributed by atoms with Gasteiger partial charge in [0.25, 0.3) is 0 Å². The Morgan fingerprint density at radius 2 is 1.70 bits per heavy atom. The second-order valence-electron chi connectivity index (χ2n) is 6.08. The molecule has 1 heteroatoms. The Hall–Kier alpha value is -2.15. The lowest BCUT2D eigenvalue weighted by Gasteiger charge is -2.31. The summed E-state index contributed by atoms with van der Waals surface area (Å²) in [7, 11) is 0. The minimum atomic E-state index is 0.00128. The van der Waals surface area contributed by atoms with E-state index in [0.717, 1.165) is 12.0 Å². The summed E-state index contributed by atoms with van der Waals surface area (Å²) in [5.41, 5.74) is 5.96. The van der Waals surface area contributed by atoms with Crippen LogP contribution in [-0.2, 0) is 5.41 Å². The Bertz CT molecular complexity index is 740. The highest BCUT2D eigenvalue weighted by Crippen LogP contribution is 2.49. The van der Waals surface area contributed by atoms with Crippen LogP contribution < -0.4 is 0 Å². The van der Waals surface area contributed by atoms with Crippen LogP contribution in [0.2, 0.25) is 0 Å². The van der Waals surface area contributed by atoms with Crippen LogP contribution in [0.25, 0.3) is 5.57 Å². The highest BCUT2D eigenvalue weighted by molar-refractivity contribution is 6.05. The van der Waals surface area contributed by atoms with Gasteiger partial charge in [-0.3, -0.25) is 4.79 Å². The minimum Gasteiger partial charge on any atom is -0.294 e. The standard InChI is InChI=1S/C19H16O/c1-19-11-10-14(13-6-3-2-4-7-13)15-8-5-9-16(18(15)19)17(20)12-19/h2-10H,11-12H2,1H3/t19-/m0/s1. The van der Waals surface area contributed by atoms with Crippen LogP contribution in [0.3, 0.4) is 0 Å². The smallest absolute Gasteiger partial charge is 0.164 e. The van der Waals surface area contributed by atoms with Gasteiger partial charge in [-0.1, -0.05) is 61.5 Å². The number of Topliss-reactive ketones (excluding diaryl/α,β-unsaturated/α-hetero) is 1. The van der Waals surface area contributed by atoms with Crippen molar-refractivity contribution in [2.45, 2.75) is 25.2 Å². The minimum absolute atomic E-state index is 0.00128. The molecule has 0 amide bonds. The molecule has 1 nitrogen and oxygen atoms in total. The molecule has 0 spiro atoms. The van der Waals surface area contributed by atoms with E-state index in [4.69, 9.17) is 0 Å². The van der Waals surface area contributed by atoms with E-state index in [9.17, 15) is 4.79 Å². The lowest BCUT2D eigenvalue weighted by molar-refractivity contribution is 0.0977. The quantitative estimate of drug-likeness (QED) is 0.744. The molecule has 20 heavy (non-hydrogen) atoms. The molecule has 0 saturated carbocycles. The fourth-order valence-electron chi connectivity index (χ4n) is 3.70. The molecular formula is C19H16O. The average molecular weight is 260 g/mol. The first kappa shape index (κ1) is 11.7. The molecule has 0 bridgehead atoms. The van der Waals surface area contributed by atoms with E-state index < -0.39 is 0 Å². The van der Waals surface area contributed by atoms with Crippen molar-refractivity contribution in [3.63, 3.8) is 0 Å². The van der Waals surface area contributed by atoms with Gasteiger partial charge in [0, 0.05) is 17.4 Å². The molecule has 0 saturated heterocycles. The topological polar surface area (TPSA) is 17.1 Å². The number of allylic oxidation sites excluding steroid dienone is 1. The first-order valence-electron chi connectivity index (χ1n) is 7.12. The van der Waals surface area contributed by atoms with Crippen molar-refractivity contribution < 1.29 is 4.79 Å². The van der Waals surface area contributed by atoms with Gasteiger partial charge in [0.05, 0.1) is 0 Å². The van der Waals surface area contributed by atoms with Gasteiger partial charge < -0.3 is 0 Å². The zero-order valence-corrected chi connectivity index (χ0v) is 11.5. The average Bonchev–Trinajstić information content (AvgIpc) is 2.73. The third kappa shape index (κ3) is 1.46. The van der Waals surface area contributed by atoms with Crippen LogP contribution >= 0.6 is 0 Å². The van der Waals surface area contributed by atoms with Crippen molar-refractivity contribution in [3.8, 4) is 0 Å². The summed E-state index contributed by atoms with van der Waals surface area (Å²) < 4.78 is 0. The van der Waals surface area contributed by atoms with Gasteiger partial charge in [0.15, 0.2) is 5.78 Å². The fraction of sp³-hybridized carbons (Fsp3) is 0.211. The summed E-state index contributed by atoms with van der Waals surface area (Å²) in [5.74, 6) is 0.298. The number of ketones is 1. The van der Waals surface area contributed by atoms with Crippen LogP contribution in [0.1, 0.15) is 46.8 Å². The molecule has 4 rings (SSSR count). The second-order valence-corrected chi connectivity index (χ2v) is 6.08. The normalized spacial score (nSPS) is 23.4. The van der Waals surface area contributed by atoms with E-state index in [2.05, 4.69) is 43.3 Å². The van der Waals surface area contributed by atoms with Gasteiger partial charge in [-0.2, -0.15) is 0 Å². The Morgan fingerprint density at radius 1 is 0.950 bits per heavy atom. The number of benzene rings is 2. The highest BCUT2D eigenvalue weighted by atomic mass is 16.1.